The number of rotatable bonds is 6. The lowest BCUT2D eigenvalue weighted by molar-refractivity contribution is -0.154. The number of methoxy groups -OCH3 is 1. The molecule has 5 rings (SSSR count). The minimum absolute atomic E-state index is 0.163. The van der Waals surface area contributed by atoms with Crippen molar-refractivity contribution in [1.82, 2.24) is 9.80 Å². The molecular formula is C31H40N2O3. The van der Waals surface area contributed by atoms with E-state index in [4.69, 9.17) is 4.74 Å². The van der Waals surface area contributed by atoms with Crippen molar-refractivity contribution in [1.29, 1.82) is 0 Å². The molecular weight excluding hydrogens is 448 g/mol. The van der Waals surface area contributed by atoms with Gasteiger partial charge in [-0.3, -0.25) is 9.59 Å². The van der Waals surface area contributed by atoms with E-state index in [1.54, 1.807) is 0 Å². The van der Waals surface area contributed by atoms with Gasteiger partial charge in [0.2, 0.25) is 5.91 Å². The highest BCUT2D eigenvalue weighted by Crippen LogP contribution is 2.38. The molecule has 2 unspecified atom stereocenters. The van der Waals surface area contributed by atoms with Crippen LogP contribution in [-0.2, 0) is 14.3 Å². The lowest BCUT2D eigenvalue weighted by atomic mass is 9.78. The molecule has 2 aromatic rings. The van der Waals surface area contributed by atoms with Gasteiger partial charge >= 0.3 is 5.97 Å². The second-order valence-electron chi connectivity index (χ2n) is 11.0. The van der Waals surface area contributed by atoms with Crippen molar-refractivity contribution in [2.45, 2.75) is 50.4 Å². The van der Waals surface area contributed by atoms with Crippen LogP contribution >= 0.6 is 0 Å². The standard InChI is InChI=1S/C31H40N2O3/c1-36-31(35)28-15-9-8-14-27(28)30(34)33-21-26(29(22-33)25-12-6-3-7-13-25)20-32-18-16-24(17-19-32)23-10-4-2-5-11-23/h2-7,10-13,24,26-29H,8-9,14-22H2,1H3/t26-,27?,28?,29+/m0/s1. The number of carbonyl (C=O) groups excluding carboxylic acids is 2. The Bertz CT molecular complexity index is 1000. The Morgan fingerprint density at radius 2 is 1.42 bits per heavy atom. The normalized spacial score (nSPS) is 27.6. The second-order valence-corrected chi connectivity index (χ2v) is 11.0. The Morgan fingerprint density at radius 3 is 2.06 bits per heavy atom. The van der Waals surface area contributed by atoms with E-state index >= 15 is 0 Å². The molecule has 2 aliphatic heterocycles. The molecule has 2 saturated heterocycles. The van der Waals surface area contributed by atoms with Gasteiger partial charge in [-0.25, -0.2) is 0 Å². The van der Waals surface area contributed by atoms with Crippen molar-refractivity contribution in [3.63, 3.8) is 0 Å². The van der Waals surface area contributed by atoms with Crippen LogP contribution < -0.4 is 0 Å². The summed E-state index contributed by atoms with van der Waals surface area (Å²) in [5.41, 5.74) is 2.79. The third-order valence-corrected chi connectivity index (χ3v) is 8.92. The van der Waals surface area contributed by atoms with Gasteiger partial charge in [0.05, 0.1) is 18.9 Å². The van der Waals surface area contributed by atoms with Crippen molar-refractivity contribution in [3.8, 4) is 0 Å². The quantitative estimate of drug-likeness (QED) is 0.532. The Kier molecular flexibility index (Phi) is 8.05. The maximum Gasteiger partial charge on any atom is 0.309 e. The van der Waals surface area contributed by atoms with Gasteiger partial charge in [0.1, 0.15) is 0 Å². The number of amides is 1. The first-order valence-electron chi connectivity index (χ1n) is 13.8. The highest BCUT2D eigenvalue weighted by atomic mass is 16.5. The Balaban J connectivity index is 1.27. The highest BCUT2D eigenvalue weighted by Gasteiger charge is 2.43. The Labute approximate surface area is 215 Å². The predicted molar refractivity (Wildman–Crippen MR) is 142 cm³/mol. The minimum Gasteiger partial charge on any atom is -0.469 e. The van der Waals surface area contributed by atoms with Crippen LogP contribution in [0.5, 0.6) is 0 Å². The van der Waals surface area contributed by atoms with Gasteiger partial charge in [-0.1, -0.05) is 73.5 Å². The first-order chi connectivity index (χ1) is 17.6. The van der Waals surface area contributed by atoms with Crippen molar-refractivity contribution in [2.24, 2.45) is 17.8 Å². The Morgan fingerprint density at radius 1 is 0.806 bits per heavy atom. The largest absolute Gasteiger partial charge is 0.469 e. The summed E-state index contributed by atoms with van der Waals surface area (Å²) in [5, 5.41) is 0. The number of benzene rings is 2. The zero-order valence-electron chi connectivity index (χ0n) is 21.6. The molecule has 3 fully saturated rings. The molecule has 2 aromatic carbocycles. The van der Waals surface area contributed by atoms with E-state index in [2.05, 4.69) is 70.5 Å². The monoisotopic (exact) mass is 488 g/mol. The summed E-state index contributed by atoms with van der Waals surface area (Å²) in [4.78, 5) is 30.9. The van der Waals surface area contributed by atoms with Crippen molar-refractivity contribution < 1.29 is 14.3 Å². The van der Waals surface area contributed by atoms with Crippen LogP contribution in [0.1, 0.15) is 61.5 Å². The summed E-state index contributed by atoms with van der Waals surface area (Å²) < 4.78 is 5.07. The third-order valence-electron chi connectivity index (χ3n) is 8.92. The topological polar surface area (TPSA) is 49.9 Å². The fraction of sp³-hybridized carbons (Fsp3) is 0.548. The number of hydrogen-bond donors (Lipinski definition) is 0. The summed E-state index contributed by atoms with van der Waals surface area (Å²) in [6.07, 6.45) is 5.95. The molecule has 0 bridgehead atoms. The summed E-state index contributed by atoms with van der Waals surface area (Å²) >= 11 is 0. The van der Waals surface area contributed by atoms with E-state index in [0.29, 0.717) is 17.8 Å². The zero-order valence-corrected chi connectivity index (χ0v) is 21.6. The number of nitrogens with zero attached hydrogens (tertiary/aromatic N) is 2. The zero-order chi connectivity index (χ0) is 24.9. The molecule has 0 radical (unpaired) electrons. The van der Waals surface area contributed by atoms with Crippen LogP contribution in [0.25, 0.3) is 0 Å². The minimum atomic E-state index is -0.289. The number of esters is 1. The highest BCUT2D eigenvalue weighted by molar-refractivity contribution is 5.86. The second kappa shape index (κ2) is 11.6. The van der Waals surface area contributed by atoms with Crippen molar-refractivity contribution >= 4 is 11.9 Å². The fourth-order valence-corrected chi connectivity index (χ4v) is 6.91. The Hall–Kier alpha value is -2.66. The summed E-state index contributed by atoms with van der Waals surface area (Å²) in [7, 11) is 1.44. The van der Waals surface area contributed by atoms with Gasteiger partial charge in [-0.05, 0) is 61.7 Å². The SMILES string of the molecule is COC(=O)C1CCCCC1C(=O)N1C[C@H](CN2CCC(c3ccccc3)CC2)[C@@H](c2ccccc2)C1. The molecule has 0 aromatic heterocycles. The molecule has 5 heteroatoms. The summed E-state index contributed by atoms with van der Waals surface area (Å²) in [6, 6.07) is 21.6. The number of hydrogen-bond acceptors (Lipinski definition) is 4. The first-order valence-corrected chi connectivity index (χ1v) is 13.8. The molecule has 1 aliphatic carbocycles. The molecule has 0 N–H and O–H groups in total. The molecule has 0 spiro atoms. The molecule has 2 heterocycles. The lowest BCUT2D eigenvalue weighted by Gasteiger charge is -2.35. The van der Waals surface area contributed by atoms with Gasteiger partial charge in [0.25, 0.3) is 0 Å². The maximum atomic E-state index is 13.8. The van der Waals surface area contributed by atoms with E-state index in [1.807, 2.05) is 0 Å². The van der Waals surface area contributed by atoms with E-state index in [1.165, 1.54) is 31.1 Å². The van der Waals surface area contributed by atoms with Crippen molar-refractivity contribution in [3.05, 3.63) is 71.8 Å². The fourth-order valence-electron chi connectivity index (χ4n) is 6.91. The number of piperidine rings is 1. The lowest BCUT2D eigenvalue weighted by Crippen LogP contribution is -2.42. The van der Waals surface area contributed by atoms with Gasteiger partial charge < -0.3 is 14.5 Å². The third kappa shape index (κ3) is 5.51. The van der Waals surface area contributed by atoms with Gasteiger partial charge in [-0.2, -0.15) is 0 Å². The van der Waals surface area contributed by atoms with Crippen LogP contribution in [0.15, 0.2) is 60.7 Å². The average Bonchev–Trinajstić information content (AvgIpc) is 3.37. The van der Waals surface area contributed by atoms with E-state index < -0.39 is 0 Å². The molecule has 1 saturated carbocycles. The van der Waals surface area contributed by atoms with E-state index in [-0.39, 0.29) is 23.7 Å². The van der Waals surface area contributed by atoms with Crippen LogP contribution in [0.2, 0.25) is 0 Å². The number of ether oxygens (including phenoxy) is 1. The van der Waals surface area contributed by atoms with Crippen LogP contribution in [0.4, 0.5) is 0 Å². The number of likely N-dealkylation sites (tertiary alicyclic amines) is 2. The smallest absolute Gasteiger partial charge is 0.309 e. The number of carbonyl (C=O) groups is 2. The summed E-state index contributed by atoms with van der Waals surface area (Å²) in [6.45, 7) is 4.77. The molecule has 192 valence electrons. The average molecular weight is 489 g/mol. The first kappa shape index (κ1) is 25.0. The maximum absolute atomic E-state index is 13.8. The molecule has 36 heavy (non-hydrogen) atoms. The summed E-state index contributed by atoms with van der Waals surface area (Å²) in [5.74, 6) is 0.814. The molecule has 1 amide bonds. The predicted octanol–water partition coefficient (Wildman–Crippen LogP) is 5.09. The van der Waals surface area contributed by atoms with Crippen LogP contribution in [0, 0.1) is 17.8 Å². The van der Waals surface area contributed by atoms with Gasteiger partial charge in [-0.15, -0.1) is 0 Å². The van der Waals surface area contributed by atoms with Crippen molar-refractivity contribution in [2.75, 3.05) is 39.8 Å². The van der Waals surface area contributed by atoms with E-state index in [9.17, 15) is 9.59 Å². The van der Waals surface area contributed by atoms with Gasteiger partial charge in [0.15, 0.2) is 0 Å². The molecule has 5 nitrogen and oxygen atoms in total. The van der Waals surface area contributed by atoms with Crippen LogP contribution in [-0.4, -0.2) is 61.5 Å². The van der Waals surface area contributed by atoms with Crippen LogP contribution in [0.3, 0.4) is 0 Å². The molecule has 3 aliphatic rings. The van der Waals surface area contributed by atoms with E-state index in [0.717, 1.165) is 58.4 Å². The molecule has 4 atom stereocenters. The van der Waals surface area contributed by atoms with Gasteiger partial charge in [0, 0.05) is 25.6 Å².